The molecule has 1 aliphatic carbocycles. The predicted molar refractivity (Wildman–Crippen MR) is 109 cm³/mol. The van der Waals surface area contributed by atoms with Crippen LogP contribution in [-0.4, -0.2) is 26.2 Å². The van der Waals surface area contributed by atoms with E-state index in [0.29, 0.717) is 24.0 Å². The van der Waals surface area contributed by atoms with Crippen molar-refractivity contribution in [3.8, 4) is 17.3 Å². The summed E-state index contributed by atoms with van der Waals surface area (Å²) < 4.78 is 21.1. The number of nitrogens with two attached hydrogens (primary N) is 1. The van der Waals surface area contributed by atoms with Crippen LogP contribution < -0.4 is 11.1 Å². The number of aryl methyl sites for hydroxylation is 1. The van der Waals surface area contributed by atoms with Crippen LogP contribution in [0.3, 0.4) is 0 Å². The Bertz CT molecular complexity index is 1250. The summed E-state index contributed by atoms with van der Waals surface area (Å²) in [5.74, 6) is 0.455. The Morgan fingerprint density at radius 2 is 2.00 bits per heavy atom. The maximum Gasteiger partial charge on any atom is 0.274 e. The molecule has 30 heavy (non-hydrogen) atoms. The highest BCUT2D eigenvalue weighted by Gasteiger charge is 2.45. The number of hydrogen-bond acceptors (Lipinski definition) is 5. The number of carbonyl (C=O) groups is 1. The molecule has 1 amide bonds. The molecule has 0 unspecified atom stereocenters. The first-order valence-corrected chi connectivity index (χ1v) is 9.71. The number of nitrogens with one attached hydrogen (secondary N) is 1. The molecule has 5 rings (SSSR count). The molecule has 1 aliphatic rings. The molecule has 0 aliphatic heterocycles. The third kappa shape index (κ3) is 3.25. The van der Waals surface area contributed by atoms with E-state index in [4.69, 9.17) is 10.3 Å². The average molecular weight is 405 g/mol. The van der Waals surface area contributed by atoms with Crippen molar-refractivity contribution < 1.29 is 13.7 Å². The van der Waals surface area contributed by atoms with Gasteiger partial charge in [0.2, 0.25) is 5.91 Å². The molecule has 7 nitrogen and oxygen atoms in total. The Labute approximate surface area is 171 Å². The molecule has 152 valence electrons. The molecule has 0 radical (unpaired) electrons. The van der Waals surface area contributed by atoms with E-state index in [9.17, 15) is 9.18 Å². The molecular formula is C22H20FN5O2. The monoisotopic (exact) mass is 405 g/mol. The van der Waals surface area contributed by atoms with Crippen LogP contribution >= 0.6 is 0 Å². The van der Waals surface area contributed by atoms with Gasteiger partial charge in [-0.2, -0.15) is 4.98 Å². The van der Waals surface area contributed by atoms with Crippen LogP contribution in [0.15, 0.2) is 53.1 Å². The second kappa shape index (κ2) is 6.77. The van der Waals surface area contributed by atoms with Gasteiger partial charge < -0.3 is 20.1 Å². The minimum Gasteiger partial charge on any atom is -0.350 e. The summed E-state index contributed by atoms with van der Waals surface area (Å²) in [4.78, 5) is 16.4. The molecule has 2 aromatic heterocycles. The van der Waals surface area contributed by atoms with E-state index in [1.807, 2.05) is 34.9 Å². The Morgan fingerprint density at radius 3 is 2.67 bits per heavy atom. The maximum absolute atomic E-state index is 13.8. The van der Waals surface area contributed by atoms with E-state index in [0.717, 1.165) is 35.0 Å². The van der Waals surface area contributed by atoms with Crippen molar-refractivity contribution in [1.29, 1.82) is 0 Å². The van der Waals surface area contributed by atoms with Crippen LogP contribution in [0.2, 0.25) is 0 Å². The smallest absolute Gasteiger partial charge is 0.274 e. The Hall–Kier alpha value is -3.52. The topological polar surface area (TPSA) is 99.0 Å². The van der Waals surface area contributed by atoms with Gasteiger partial charge in [-0.15, -0.1) is 0 Å². The van der Waals surface area contributed by atoms with Crippen LogP contribution in [0.25, 0.3) is 28.2 Å². The largest absolute Gasteiger partial charge is 0.350 e. The fraction of sp³-hybridized carbons (Fsp3) is 0.227. The second-order valence-electron chi connectivity index (χ2n) is 7.72. The first-order valence-electron chi connectivity index (χ1n) is 9.71. The standard InChI is InChI=1S/C22H20FN5O2/c1-13-26-20(30-27-13)19-11-15-10-16(23)4-7-18(15)28(19)17-5-2-14(3-6-17)12-25-21(29)22(24)8-9-22/h2-7,10-11H,8-9,12,24H2,1H3,(H,25,29). The van der Waals surface area contributed by atoms with Crippen molar-refractivity contribution in [2.24, 2.45) is 5.73 Å². The highest BCUT2D eigenvalue weighted by molar-refractivity contribution is 5.89. The molecule has 3 N–H and O–H groups in total. The summed E-state index contributed by atoms with van der Waals surface area (Å²) >= 11 is 0. The third-order valence-corrected chi connectivity index (χ3v) is 5.40. The lowest BCUT2D eigenvalue weighted by Gasteiger charge is -2.12. The van der Waals surface area contributed by atoms with Gasteiger partial charge in [-0.1, -0.05) is 17.3 Å². The molecule has 1 saturated carbocycles. The van der Waals surface area contributed by atoms with Crippen molar-refractivity contribution >= 4 is 16.8 Å². The molecule has 0 saturated heterocycles. The minimum absolute atomic E-state index is 0.112. The van der Waals surface area contributed by atoms with E-state index >= 15 is 0 Å². The minimum atomic E-state index is -0.684. The van der Waals surface area contributed by atoms with E-state index in [-0.39, 0.29) is 11.7 Å². The fourth-order valence-corrected chi connectivity index (χ4v) is 3.51. The lowest BCUT2D eigenvalue weighted by Crippen LogP contribution is -2.42. The number of rotatable bonds is 5. The van der Waals surface area contributed by atoms with Gasteiger partial charge in [-0.3, -0.25) is 4.79 Å². The van der Waals surface area contributed by atoms with Gasteiger partial charge in [0.25, 0.3) is 5.89 Å². The van der Waals surface area contributed by atoms with Gasteiger partial charge >= 0.3 is 0 Å². The highest BCUT2D eigenvalue weighted by atomic mass is 19.1. The van der Waals surface area contributed by atoms with Crippen molar-refractivity contribution in [1.82, 2.24) is 20.0 Å². The Kier molecular flexibility index (Phi) is 4.18. The lowest BCUT2D eigenvalue weighted by molar-refractivity contribution is -0.123. The Morgan fingerprint density at radius 1 is 1.23 bits per heavy atom. The summed E-state index contributed by atoms with van der Waals surface area (Å²) in [6, 6.07) is 14.2. The zero-order valence-electron chi connectivity index (χ0n) is 16.4. The van der Waals surface area contributed by atoms with Crippen LogP contribution in [0.1, 0.15) is 24.2 Å². The number of carbonyl (C=O) groups excluding carboxylic acids is 1. The van der Waals surface area contributed by atoms with Crippen molar-refractivity contribution in [3.05, 3.63) is 65.7 Å². The Balaban J connectivity index is 1.49. The second-order valence-corrected chi connectivity index (χ2v) is 7.72. The van der Waals surface area contributed by atoms with E-state index in [1.165, 1.54) is 12.1 Å². The first kappa shape index (κ1) is 18.5. The predicted octanol–water partition coefficient (Wildman–Crippen LogP) is 3.24. The van der Waals surface area contributed by atoms with Crippen LogP contribution in [0.4, 0.5) is 4.39 Å². The van der Waals surface area contributed by atoms with Crippen LogP contribution in [-0.2, 0) is 11.3 Å². The molecule has 2 aromatic carbocycles. The quantitative estimate of drug-likeness (QED) is 0.531. The number of halogens is 1. The highest BCUT2D eigenvalue weighted by Crippen LogP contribution is 2.33. The molecule has 1 fully saturated rings. The van der Waals surface area contributed by atoms with Gasteiger partial charge in [0.15, 0.2) is 5.82 Å². The van der Waals surface area contributed by atoms with Gasteiger partial charge in [0, 0.05) is 17.6 Å². The molecule has 0 atom stereocenters. The fourth-order valence-electron chi connectivity index (χ4n) is 3.51. The number of aromatic nitrogens is 3. The van der Waals surface area contributed by atoms with E-state index < -0.39 is 5.54 Å². The molecule has 0 spiro atoms. The number of hydrogen-bond donors (Lipinski definition) is 2. The summed E-state index contributed by atoms with van der Waals surface area (Å²) in [6.45, 7) is 2.15. The lowest BCUT2D eigenvalue weighted by atomic mass is 10.2. The van der Waals surface area contributed by atoms with Gasteiger partial charge in [0.1, 0.15) is 11.5 Å². The normalized spacial score (nSPS) is 14.8. The molecule has 4 aromatic rings. The van der Waals surface area contributed by atoms with Gasteiger partial charge in [0.05, 0.1) is 11.1 Å². The number of nitrogens with zero attached hydrogens (tertiary/aromatic N) is 3. The maximum atomic E-state index is 13.8. The van der Waals surface area contributed by atoms with Crippen LogP contribution in [0.5, 0.6) is 0 Å². The van der Waals surface area contributed by atoms with Crippen molar-refractivity contribution in [3.63, 3.8) is 0 Å². The van der Waals surface area contributed by atoms with E-state index in [2.05, 4.69) is 15.5 Å². The average Bonchev–Trinajstić information content (AvgIpc) is 3.18. The zero-order valence-corrected chi connectivity index (χ0v) is 16.4. The summed E-state index contributed by atoms with van der Waals surface area (Å²) in [5.41, 5.74) is 8.54. The zero-order chi connectivity index (χ0) is 20.9. The van der Waals surface area contributed by atoms with Crippen LogP contribution in [0, 0.1) is 12.7 Å². The number of amides is 1. The molecule has 0 bridgehead atoms. The summed E-state index contributed by atoms with van der Waals surface area (Å²) in [6.07, 6.45) is 1.47. The molecular weight excluding hydrogens is 385 g/mol. The SMILES string of the molecule is Cc1noc(-c2cc3cc(F)ccc3n2-c2ccc(CNC(=O)C3(N)CC3)cc2)n1. The van der Waals surface area contributed by atoms with E-state index in [1.54, 1.807) is 13.0 Å². The van der Waals surface area contributed by atoms with Gasteiger partial charge in [-0.05, 0) is 61.7 Å². The van der Waals surface area contributed by atoms with Gasteiger partial charge in [-0.25, -0.2) is 4.39 Å². The summed E-state index contributed by atoms with van der Waals surface area (Å²) in [5, 5.41) is 7.49. The molecule has 8 heteroatoms. The first-order chi connectivity index (χ1) is 14.4. The number of fused-ring (bicyclic) bond motifs is 1. The third-order valence-electron chi connectivity index (χ3n) is 5.40. The van der Waals surface area contributed by atoms with Crippen molar-refractivity contribution in [2.45, 2.75) is 31.8 Å². The molecule has 2 heterocycles. The number of benzene rings is 2. The van der Waals surface area contributed by atoms with Crippen molar-refractivity contribution in [2.75, 3.05) is 0 Å². The summed E-state index contributed by atoms with van der Waals surface area (Å²) in [7, 11) is 0.